The molecule has 0 aliphatic carbocycles. The average molecular weight is 181 g/mol. The van der Waals surface area contributed by atoms with E-state index in [9.17, 15) is 15.2 Å². The minimum atomic E-state index is -0.781. The van der Waals surface area contributed by atoms with E-state index in [0.29, 0.717) is 5.56 Å². The molecule has 1 aromatic carbocycles. The number of oxime groups is 1. The number of nitro benzene ring substituents is 1. The Labute approximate surface area is 72.9 Å². The second-order valence-electron chi connectivity index (χ2n) is 2.23. The van der Waals surface area contributed by atoms with E-state index in [1.54, 1.807) is 0 Å². The summed E-state index contributed by atoms with van der Waals surface area (Å²) in [7, 11) is 0. The van der Waals surface area contributed by atoms with Crippen molar-refractivity contribution < 1.29 is 15.2 Å². The van der Waals surface area contributed by atoms with Crippen LogP contribution in [0.25, 0.3) is 0 Å². The predicted octanol–water partition coefficient (Wildman–Crippen LogP) is 0.476. The zero-order valence-corrected chi connectivity index (χ0v) is 6.38. The zero-order valence-electron chi connectivity index (χ0n) is 6.38. The van der Waals surface area contributed by atoms with Gasteiger partial charge in [0.15, 0.2) is 0 Å². The van der Waals surface area contributed by atoms with Crippen LogP contribution in [0.4, 0.5) is 5.69 Å². The summed E-state index contributed by atoms with van der Waals surface area (Å²) in [6.45, 7) is 0. The van der Waals surface area contributed by atoms with Gasteiger partial charge in [0.1, 0.15) is 0 Å². The van der Waals surface area contributed by atoms with Gasteiger partial charge in [-0.1, -0.05) is 17.3 Å². The predicted molar refractivity (Wildman–Crippen MR) is 41.9 cm³/mol. The van der Waals surface area contributed by atoms with Crippen molar-refractivity contribution in [1.29, 1.82) is 0 Å². The van der Waals surface area contributed by atoms with Crippen LogP contribution in [0.1, 0.15) is 5.56 Å². The van der Waals surface area contributed by atoms with Crippen LogP contribution < -0.4 is 5.11 Å². The molecule has 0 unspecified atom stereocenters. The van der Waals surface area contributed by atoms with Gasteiger partial charge in [-0.05, 0) is 5.75 Å². The highest BCUT2D eigenvalue weighted by Crippen LogP contribution is 2.22. The smallest absolute Gasteiger partial charge is 0.262 e. The van der Waals surface area contributed by atoms with Crippen molar-refractivity contribution in [3.8, 4) is 5.75 Å². The van der Waals surface area contributed by atoms with E-state index in [2.05, 4.69) is 5.16 Å². The number of hydrogen-bond acceptors (Lipinski definition) is 5. The van der Waals surface area contributed by atoms with E-state index in [4.69, 9.17) is 5.21 Å². The van der Waals surface area contributed by atoms with Crippen LogP contribution in [0, 0.1) is 10.1 Å². The molecule has 0 bridgehead atoms. The molecule has 6 heteroatoms. The highest BCUT2D eigenvalue weighted by atomic mass is 16.6. The van der Waals surface area contributed by atoms with Gasteiger partial charge < -0.3 is 10.3 Å². The monoisotopic (exact) mass is 181 g/mol. The van der Waals surface area contributed by atoms with Crippen molar-refractivity contribution in [3.05, 3.63) is 33.9 Å². The fraction of sp³-hybridized carbons (Fsp3) is 0. The summed E-state index contributed by atoms with van der Waals surface area (Å²) in [4.78, 5) is 9.50. The fourth-order valence-corrected chi connectivity index (χ4v) is 0.824. The molecule has 1 aromatic rings. The fourth-order valence-electron chi connectivity index (χ4n) is 0.824. The summed E-state index contributed by atoms with van der Waals surface area (Å²) in [6, 6.07) is 3.42. The molecule has 1 rings (SSSR count). The van der Waals surface area contributed by atoms with Gasteiger partial charge in [0.2, 0.25) is 0 Å². The summed E-state index contributed by atoms with van der Waals surface area (Å²) in [5.41, 5.74) is -0.230. The maximum atomic E-state index is 10.9. The molecule has 0 amide bonds. The topological polar surface area (TPSA) is 98.8 Å². The zero-order chi connectivity index (χ0) is 9.84. The molecular formula is C7H5N2O4-. The standard InChI is InChI=1S/C7H6N2O4/c10-7-2-1-5(4-8-11)3-6(7)9(12)13/h1-4,10-11H/p-1/b8-4+. The maximum Gasteiger partial charge on any atom is 0.262 e. The van der Waals surface area contributed by atoms with Gasteiger partial charge in [-0.25, -0.2) is 0 Å². The lowest BCUT2D eigenvalue weighted by molar-refractivity contribution is -0.398. The van der Waals surface area contributed by atoms with Crippen molar-refractivity contribution in [3.63, 3.8) is 0 Å². The van der Waals surface area contributed by atoms with E-state index < -0.39 is 16.4 Å². The van der Waals surface area contributed by atoms with Crippen LogP contribution in [-0.2, 0) is 0 Å². The highest BCUT2D eigenvalue weighted by molar-refractivity contribution is 5.80. The number of nitro groups is 1. The second-order valence-corrected chi connectivity index (χ2v) is 2.23. The Morgan fingerprint density at radius 1 is 1.54 bits per heavy atom. The lowest BCUT2D eigenvalue weighted by Gasteiger charge is -2.05. The van der Waals surface area contributed by atoms with Gasteiger partial charge in [0.05, 0.1) is 11.1 Å². The molecule has 68 valence electrons. The minimum Gasteiger partial charge on any atom is -0.868 e. The van der Waals surface area contributed by atoms with Crippen LogP contribution in [0.5, 0.6) is 5.75 Å². The van der Waals surface area contributed by atoms with Crippen LogP contribution >= 0.6 is 0 Å². The third-order valence-electron chi connectivity index (χ3n) is 1.39. The number of benzene rings is 1. The first-order valence-electron chi connectivity index (χ1n) is 3.28. The third-order valence-corrected chi connectivity index (χ3v) is 1.39. The van der Waals surface area contributed by atoms with Crippen molar-refractivity contribution in [2.45, 2.75) is 0 Å². The van der Waals surface area contributed by atoms with Crippen LogP contribution in [0.3, 0.4) is 0 Å². The molecule has 0 spiro atoms. The first-order chi connectivity index (χ1) is 6.15. The molecule has 0 heterocycles. The molecule has 0 atom stereocenters. The molecular weight excluding hydrogens is 176 g/mol. The molecule has 0 aliphatic heterocycles. The summed E-state index contributed by atoms with van der Waals surface area (Å²) in [5, 5.41) is 32.0. The Balaban J connectivity index is 3.18. The minimum absolute atomic E-state index is 0.300. The normalized spacial score (nSPS) is 10.5. The quantitative estimate of drug-likeness (QED) is 0.310. The Morgan fingerprint density at radius 3 is 2.77 bits per heavy atom. The molecule has 0 fully saturated rings. The van der Waals surface area contributed by atoms with E-state index in [0.717, 1.165) is 18.3 Å². The largest absolute Gasteiger partial charge is 0.868 e. The van der Waals surface area contributed by atoms with Gasteiger partial charge in [-0.2, -0.15) is 0 Å². The number of nitrogens with zero attached hydrogens (tertiary/aromatic N) is 2. The maximum absolute atomic E-state index is 10.9. The van der Waals surface area contributed by atoms with Crippen molar-refractivity contribution >= 4 is 11.9 Å². The third kappa shape index (κ3) is 1.92. The van der Waals surface area contributed by atoms with Crippen LogP contribution in [0.2, 0.25) is 0 Å². The van der Waals surface area contributed by atoms with Gasteiger partial charge >= 0.3 is 0 Å². The first kappa shape index (κ1) is 8.98. The van der Waals surface area contributed by atoms with Crippen molar-refractivity contribution in [2.75, 3.05) is 0 Å². The molecule has 0 aromatic heterocycles. The van der Waals surface area contributed by atoms with Gasteiger partial charge in [-0.3, -0.25) is 10.1 Å². The lowest BCUT2D eigenvalue weighted by Crippen LogP contribution is -1.98. The van der Waals surface area contributed by atoms with E-state index >= 15 is 0 Å². The van der Waals surface area contributed by atoms with Crippen LogP contribution in [-0.4, -0.2) is 16.3 Å². The lowest BCUT2D eigenvalue weighted by atomic mass is 10.2. The summed E-state index contributed by atoms with van der Waals surface area (Å²) >= 11 is 0. The summed E-state index contributed by atoms with van der Waals surface area (Å²) in [6.07, 6.45) is 1.01. The highest BCUT2D eigenvalue weighted by Gasteiger charge is 2.06. The van der Waals surface area contributed by atoms with Crippen molar-refractivity contribution in [1.82, 2.24) is 0 Å². The Kier molecular flexibility index (Phi) is 2.44. The van der Waals surface area contributed by atoms with Gasteiger partial charge in [0.25, 0.3) is 5.69 Å². The number of hydrogen-bond donors (Lipinski definition) is 1. The van der Waals surface area contributed by atoms with Gasteiger partial charge in [0, 0.05) is 11.6 Å². The molecule has 0 saturated heterocycles. The van der Waals surface area contributed by atoms with E-state index in [1.165, 1.54) is 6.07 Å². The van der Waals surface area contributed by atoms with Crippen molar-refractivity contribution in [2.24, 2.45) is 5.16 Å². The summed E-state index contributed by atoms with van der Waals surface area (Å²) < 4.78 is 0. The van der Waals surface area contributed by atoms with E-state index in [1.807, 2.05) is 0 Å². The average Bonchev–Trinajstić information content (AvgIpc) is 2.08. The number of rotatable bonds is 2. The molecule has 0 radical (unpaired) electrons. The Hall–Kier alpha value is -2.11. The second kappa shape index (κ2) is 3.53. The molecule has 1 N–H and O–H groups in total. The molecule has 0 saturated carbocycles. The molecule has 0 aliphatic rings. The molecule has 6 nitrogen and oxygen atoms in total. The SMILES string of the molecule is O=[N+]([O-])c1cc(/C=N/O)ccc1[O-]. The van der Waals surface area contributed by atoms with E-state index in [-0.39, 0.29) is 0 Å². The Morgan fingerprint density at radius 2 is 2.23 bits per heavy atom. The molecule has 13 heavy (non-hydrogen) atoms. The summed E-state index contributed by atoms with van der Waals surface area (Å²) in [5.74, 6) is -0.667. The van der Waals surface area contributed by atoms with Gasteiger partial charge in [-0.15, -0.1) is 0 Å². The first-order valence-corrected chi connectivity index (χ1v) is 3.28. The Bertz CT molecular complexity index is 362. The van der Waals surface area contributed by atoms with Crippen LogP contribution in [0.15, 0.2) is 23.4 Å².